The molecule has 0 amide bonds. The first-order valence-electron chi connectivity index (χ1n) is 10.00. The first-order valence-corrected chi connectivity index (χ1v) is 10.00. The summed E-state index contributed by atoms with van der Waals surface area (Å²) in [4.78, 5) is 4.70. The molecule has 28 heavy (non-hydrogen) atoms. The summed E-state index contributed by atoms with van der Waals surface area (Å²) in [6.07, 6.45) is 1.86. The van der Waals surface area contributed by atoms with Crippen molar-refractivity contribution in [3.05, 3.63) is 47.7 Å². The van der Waals surface area contributed by atoms with Gasteiger partial charge in [0.05, 0.1) is 28.1 Å². The number of pyridine rings is 1. The van der Waals surface area contributed by atoms with Gasteiger partial charge in [-0.15, -0.1) is 0 Å². The summed E-state index contributed by atoms with van der Waals surface area (Å²) in [5.74, 6) is 0. The highest BCUT2D eigenvalue weighted by Crippen LogP contribution is 2.47. The van der Waals surface area contributed by atoms with Crippen molar-refractivity contribution in [2.75, 3.05) is 0 Å². The van der Waals surface area contributed by atoms with E-state index in [0.29, 0.717) is 0 Å². The molecule has 1 aromatic carbocycles. The molecule has 0 spiro atoms. The van der Waals surface area contributed by atoms with E-state index in [1.807, 2.05) is 18.3 Å². The van der Waals surface area contributed by atoms with E-state index in [2.05, 4.69) is 73.6 Å². The van der Waals surface area contributed by atoms with Gasteiger partial charge in [0.25, 0.3) is 0 Å². The highest BCUT2D eigenvalue weighted by molar-refractivity contribution is 6.62. The van der Waals surface area contributed by atoms with Crippen LogP contribution in [-0.2, 0) is 25.2 Å². The van der Waals surface area contributed by atoms with E-state index in [-0.39, 0.29) is 29.5 Å². The number of fused-ring (bicyclic) bond motifs is 1. The average Bonchev–Trinajstić information content (AvgIpc) is 2.92. The van der Waals surface area contributed by atoms with Crippen molar-refractivity contribution < 1.29 is 14.0 Å². The lowest BCUT2D eigenvalue weighted by molar-refractivity contribution is -0.105. The Balaban J connectivity index is 1.63. The molecule has 0 radical (unpaired) electrons. The van der Waals surface area contributed by atoms with Gasteiger partial charge >= 0.3 is 7.12 Å². The summed E-state index contributed by atoms with van der Waals surface area (Å²) < 4.78 is 18.5. The number of aromatic nitrogens is 1. The smallest absolute Gasteiger partial charge is 0.399 e. The number of nitrogens with zero attached hydrogens (tertiary/aromatic N) is 1. The summed E-state index contributed by atoms with van der Waals surface area (Å²) >= 11 is 0. The standard InChI is InChI=1S/C23H30BNO3/c1-20(2)17-11-9-15(13-18(17)21(3,4)26-20)19-12-10-16(14-25-19)24-27-22(5,6)23(7,8)28-24/h9-14H,1-8H3. The molecule has 2 aliphatic rings. The Morgan fingerprint density at radius 1 is 0.750 bits per heavy atom. The van der Waals surface area contributed by atoms with Crippen molar-refractivity contribution in [2.24, 2.45) is 0 Å². The van der Waals surface area contributed by atoms with Gasteiger partial charge in [0.15, 0.2) is 0 Å². The zero-order valence-corrected chi connectivity index (χ0v) is 18.2. The number of ether oxygens (including phenoxy) is 1. The molecule has 2 aromatic rings. The maximum Gasteiger partial charge on any atom is 0.496 e. The molecule has 4 rings (SSSR count). The van der Waals surface area contributed by atoms with Crippen molar-refractivity contribution >= 4 is 12.6 Å². The fourth-order valence-corrected chi connectivity index (χ4v) is 4.17. The van der Waals surface area contributed by atoms with Gasteiger partial charge in [-0.05, 0) is 78.6 Å². The zero-order valence-electron chi connectivity index (χ0n) is 18.2. The third kappa shape index (κ3) is 3.01. The molecule has 1 saturated heterocycles. The van der Waals surface area contributed by atoms with Gasteiger partial charge in [0, 0.05) is 17.2 Å². The van der Waals surface area contributed by atoms with Gasteiger partial charge in [-0.25, -0.2) is 0 Å². The van der Waals surface area contributed by atoms with Crippen LogP contribution in [-0.4, -0.2) is 23.3 Å². The van der Waals surface area contributed by atoms with Crippen molar-refractivity contribution in [3.63, 3.8) is 0 Å². The second-order valence-electron chi connectivity index (χ2n) is 9.95. The monoisotopic (exact) mass is 379 g/mol. The van der Waals surface area contributed by atoms with E-state index in [4.69, 9.17) is 19.0 Å². The van der Waals surface area contributed by atoms with Gasteiger partial charge in [0.1, 0.15) is 0 Å². The summed E-state index contributed by atoms with van der Waals surface area (Å²) in [6.45, 7) is 16.7. The van der Waals surface area contributed by atoms with E-state index in [0.717, 1.165) is 16.7 Å². The molecule has 0 saturated carbocycles. The van der Waals surface area contributed by atoms with E-state index >= 15 is 0 Å². The lowest BCUT2D eigenvalue weighted by Gasteiger charge is -2.32. The van der Waals surface area contributed by atoms with E-state index in [1.54, 1.807) is 0 Å². The van der Waals surface area contributed by atoms with Crippen LogP contribution in [0.4, 0.5) is 0 Å². The fourth-order valence-electron chi connectivity index (χ4n) is 4.17. The maximum absolute atomic E-state index is 6.27. The van der Waals surface area contributed by atoms with Gasteiger partial charge in [0.2, 0.25) is 0 Å². The molecule has 1 fully saturated rings. The van der Waals surface area contributed by atoms with Crippen LogP contribution in [0, 0.1) is 0 Å². The summed E-state index contributed by atoms with van der Waals surface area (Å²) in [7, 11) is -0.389. The Bertz CT molecular complexity index is 900. The van der Waals surface area contributed by atoms with Crippen LogP contribution in [0.5, 0.6) is 0 Å². The number of hydrogen-bond acceptors (Lipinski definition) is 4. The second-order valence-corrected chi connectivity index (χ2v) is 9.95. The highest BCUT2D eigenvalue weighted by atomic mass is 16.7. The first-order chi connectivity index (χ1) is 12.8. The third-order valence-electron chi connectivity index (χ3n) is 6.43. The van der Waals surface area contributed by atoms with Crippen LogP contribution >= 0.6 is 0 Å². The minimum absolute atomic E-state index is 0.272. The summed E-state index contributed by atoms with van der Waals surface area (Å²) in [5, 5.41) is 0. The average molecular weight is 379 g/mol. The quantitative estimate of drug-likeness (QED) is 0.718. The Kier molecular flexibility index (Phi) is 4.14. The van der Waals surface area contributed by atoms with Crippen LogP contribution in [0.25, 0.3) is 11.3 Å². The third-order valence-corrected chi connectivity index (χ3v) is 6.43. The Labute approximate surface area is 168 Å². The lowest BCUT2D eigenvalue weighted by atomic mass is 9.80. The van der Waals surface area contributed by atoms with E-state index < -0.39 is 0 Å². The van der Waals surface area contributed by atoms with Crippen molar-refractivity contribution in [3.8, 4) is 11.3 Å². The van der Waals surface area contributed by atoms with Crippen LogP contribution in [0.2, 0.25) is 0 Å². The van der Waals surface area contributed by atoms with Gasteiger partial charge in [-0.2, -0.15) is 0 Å². The minimum Gasteiger partial charge on any atom is -0.399 e. The number of benzene rings is 1. The summed E-state index contributed by atoms with van der Waals surface area (Å²) in [5.41, 5.74) is 4.15. The van der Waals surface area contributed by atoms with E-state index in [1.165, 1.54) is 11.1 Å². The summed E-state index contributed by atoms with van der Waals surface area (Å²) in [6, 6.07) is 10.6. The van der Waals surface area contributed by atoms with Crippen LogP contribution in [0.1, 0.15) is 66.5 Å². The van der Waals surface area contributed by atoms with Crippen LogP contribution in [0.15, 0.2) is 36.5 Å². The molecule has 0 bridgehead atoms. The molecular formula is C23H30BNO3. The normalized spacial score (nSPS) is 23.6. The van der Waals surface area contributed by atoms with Crippen LogP contribution in [0.3, 0.4) is 0 Å². The Hall–Kier alpha value is -1.69. The molecule has 5 heteroatoms. The van der Waals surface area contributed by atoms with Gasteiger partial charge < -0.3 is 14.0 Å². The molecule has 0 aliphatic carbocycles. The van der Waals surface area contributed by atoms with Crippen molar-refractivity contribution in [1.82, 2.24) is 4.98 Å². The lowest BCUT2D eigenvalue weighted by Crippen LogP contribution is -2.41. The molecule has 0 atom stereocenters. The Morgan fingerprint density at radius 2 is 1.36 bits per heavy atom. The molecular weight excluding hydrogens is 349 g/mol. The molecule has 2 aliphatic heterocycles. The molecule has 1 aromatic heterocycles. The van der Waals surface area contributed by atoms with Crippen molar-refractivity contribution in [2.45, 2.75) is 77.8 Å². The topological polar surface area (TPSA) is 40.6 Å². The predicted molar refractivity (Wildman–Crippen MR) is 113 cm³/mol. The Morgan fingerprint density at radius 3 is 1.93 bits per heavy atom. The molecule has 0 N–H and O–H groups in total. The van der Waals surface area contributed by atoms with E-state index in [9.17, 15) is 0 Å². The highest BCUT2D eigenvalue weighted by Gasteiger charge is 2.51. The maximum atomic E-state index is 6.27. The predicted octanol–water partition coefficient (Wildman–Crippen LogP) is 4.55. The van der Waals surface area contributed by atoms with Crippen molar-refractivity contribution in [1.29, 1.82) is 0 Å². The van der Waals surface area contributed by atoms with Gasteiger partial charge in [-0.1, -0.05) is 18.2 Å². The SMILES string of the molecule is CC1(C)OC(C)(C)c2cc(-c3ccc(B4OC(C)(C)C(C)(C)O4)cn3)ccc21. The number of rotatable bonds is 2. The largest absolute Gasteiger partial charge is 0.496 e. The molecule has 3 heterocycles. The molecule has 148 valence electrons. The van der Waals surface area contributed by atoms with Crippen LogP contribution < -0.4 is 5.46 Å². The number of hydrogen-bond donors (Lipinski definition) is 0. The van der Waals surface area contributed by atoms with Gasteiger partial charge in [-0.3, -0.25) is 4.98 Å². The second kappa shape index (κ2) is 5.91. The molecule has 0 unspecified atom stereocenters. The first kappa shape index (κ1) is 19.6. The molecule has 4 nitrogen and oxygen atoms in total. The fraction of sp³-hybridized carbons (Fsp3) is 0.522. The zero-order chi connectivity index (χ0) is 20.5. The minimum atomic E-state index is -0.389.